The van der Waals surface area contributed by atoms with Crippen LogP contribution in [0, 0.1) is 12.8 Å². The second kappa shape index (κ2) is 7.22. The molecule has 0 bridgehead atoms. The lowest BCUT2D eigenvalue weighted by Crippen LogP contribution is -2.14. The third-order valence-corrected chi connectivity index (χ3v) is 3.20. The van der Waals surface area contributed by atoms with Crippen molar-refractivity contribution in [3.8, 4) is 0 Å². The lowest BCUT2D eigenvalue weighted by atomic mass is 10.1. The van der Waals surface area contributed by atoms with Crippen LogP contribution in [0.2, 0.25) is 0 Å². The van der Waals surface area contributed by atoms with E-state index in [4.69, 9.17) is 9.15 Å². The van der Waals surface area contributed by atoms with Crippen molar-refractivity contribution in [3.05, 3.63) is 47.2 Å². The van der Waals surface area contributed by atoms with E-state index in [-0.39, 0.29) is 11.7 Å². The van der Waals surface area contributed by atoms with Gasteiger partial charge in [-0.25, -0.2) is 4.98 Å². The molecule has 5 heteroatoms. The number of carbonyl (C=O) groups excluding carboxylic acids is 1. The van der Waals surface area contributed by atoms with Crippen LogP contribution in [0.15, 0.2) is 28.7 Å². The van der Waals surface area contributed by atoms with Gasteiger partial charge >= 0.3 is 0 Å². The number of hydrogen-bond acceptors (Lipinski definition) is 4. The number of aromatic nitrogens is 1. The summed E-state index contributed by atoms with van der Waals surface area (Å²) in [5, 5.41) is 2.87. The molecule has 5 nitrogen and oxygen atoms in total. The molecule has 0 unspecified atom stereocenters. The number of aryl methyl sites for hydroxylation is 1. The molecule has 0 aliphatic heterocycles. The summed E-state index contributed by atoms with van der Waals surface area (Å²) in [6, 6.07) is 7.53. The number of methoxy groups -OCH3 is 1. The van der Waals surface area contributed by atoms with Crippen LogP contribution in [0.5, 0.6) is 0 Å². The summed E-state index contributed by atoms with van der Waals surface area (Å²) in [6.45, 7) is 6.38. The number of carbonyl (C=O) groups is 1. The van der Waals surface area contributed by atoms with Gasteiger partial charge < -0.3 is 14.5 Å². The van der Waals surface area contributed by atoms with E-state index >= 15 is 0 Å². The number of nitrogens with one attached hydrogen (secondary N) is 1. The monoisotopic (exact) mass is 302 g/mol. The quantitative estimate of drug-likeness (QED) is 0.885. The van der Waals surface area contributed by atoms with Crippen molar-refractivity contribution < 1.29 is 13.9 Å². The van der Waals surface area contributed by atoms with Gasteiger partial charge in [-0.15, -0.1) is 0 Å². The van der Waals surface area contributed by atoms with E-state index in [1.165, 1.54) is 0 Å². The van der Waals surface area contributed by atoms with Gasteiger partial charge in [0.2, 0.25) is 5.76 Å². The molecule has 0 fully saturated rings. The van der Waals surface area contributed by atoms with Crippen LogP contribution < -0.4 is 5.32 Å². The maximum absolute atomic E-state index is 12.4. The first-order valence-electron chi connectivity index (χ1n) is 7.35. The van der Waals surface area contributed by atoms with Crippen LogP contribution in [-0.2, 0) is 17.8 Å². The zero-order valence-corrected chi connectivity index (χ0v) is 13.5. The first-order valence-corrected chi connectivity index (χ1v) is 7.35. The first kappa shape index (κ1) is 16.2. The molecular weight excluding hydrogens is 280 g/mol. The van der Waals surface area contributed by atoms with E-state index in [0.29, 0.717) is 30.5 Å². The van der Waals surface area contributed by atoms with Gasteiger partial charge in [-0.05, 0) is 18.9 Å². The van der Waals surface area contributed by atoms with Gasteiger partial charge in [-0.1, -0.05) is 32.0 Å². The molecular formula is C17H22N2O3. The lowest BCUT2D eigenvalue weighted by molar-refractivity contribution is 0.0993. The van der Waals surface area contributed by atoms with Gasteiger partial charge in [0.25, 0.3) is 5.91 Å². The number of benzene rings is 1. The Balaban J connectivity index is 2.17. The highest BCUT2D eigenvalue weighted by molar-refractivity contribution is 6.03. The summed E-state index contributed by atoms with van der Waals surface area (Å²) in [5.74, 6) is 1.01. The largest absolute Gasteiger partial charge is 0.435 e. The van der Waals surface area contributed by atoms with E-state index in [2.05, 4.69) is 24.1 Å². The van der Waals surface area contributed by atoms with Gasteiger partial charge in [0.05, 0.1) is 12.3 Å². The minimum atomic E-state index is -0.288. The van der Waals surface area contributed by atoms with Crippen molar-refractivity contribution in [2.45, 2.75) is 33.8 Å². The number of hydrogen-bond donors (Lipinski definition) is 1. The number of nitrogens with zero attached hydrogens (tertiary/aromatic N) is 1. The highest BCUT2D eigenvalue weighted by atomic mass is 16.5. The number of oxazole rings is 1. The standard InChI is InChI=1S/C17H22N2O3/c1-11(2)9-15-18-12(3)16(22-15)17(20)19-14-8-6-5-7-13(14)10-21-4/h5-8,11H,9-10H2,1-4H3,(H,19,20). The van der Waals surface area contributed by atoms with Crippen LogP contribution in [0.3, 0.4) is 0 Å². The molecule has 2 aromatic rings. The molecule has 22 heavy (non-hydrogen) atoms. The highest BCUT2D eigenvalue weighted by Gasteiger charge is 2.18. The summed E-state index contributed by atoms with van der Waals surface area (Å²) in [7, 11) is 1.62. The summed E-state index contributed by atoms with van der Waals surface area (Å²) < 4.78 is 10.7. The van der Waals surface area contributed by atoms with Crippen molar-refractivity contribution in [3.63, 3.8) is 0 Å². The van der Waals surface area contributed by atoms with Crippen molar-refractivity contribution >= 4 is 11.6 Å². The number of amides is 1. The molecule has 1 N–H and O–H groups in total. The SMILES string of the molecule is COCc1ccccc1NC(=O)c1oc(CC(C)C)nc1C. The Hall–Kier alpha value is -2.14. The lowest BCUT2D eigenvalue weighted by Gasteiger charge is -2.09. The second-order valence-electron chi connectivity index (χ2n) is 5.66. The van der Waals surface area contributed by atoms with E-state index in [1.807, 2.05) is 24.3 Å². The summed E-state index contributed by atoms with van der Waals surface area (Å²) in [5.41, 5.74) is 2.24. The van der Waals surface area contributed by atoms with Crippen LogP contribution in [-0.4, -0.2) is 18.0 Å². The van der Waals surface area contributed by atoms with E-state index in [1.54, 1.807) is 14.0 Å². The molecule has 1 amide bonds. The smallest absolute Gasteiger partial charge is 0.293 e. The van der Waals surface area contributed by atoms with Crippen molar-refractivity contribution in [2.75, 3.05) is 12.4 Å². The van der Waals surface area contributed by atoms with Crippen LogP contribution in [0.25, 0.3) is 0 Å². The van der Waals surface area contributed by atoms with Crippen LogP contribution in [0.4, 0.5) is 5.69 Å². The van der Waals surface area contributed by atoms with Crippen molar-refractivity contribution in [2.24, 2.45) is 5.92 Å². The highest BCUT2D eigenvalue weighted by Crippen LogP contribution is 2.19. The molecule has 118 valence electrons. The third kappa shape index (κ3) is 3.95. The molecule has 1 aromatic carbocycles. The van der Waals surface area contributed by atoms with Gasteiger partial charge in [-0.2, -0.15) is 0 Å². The molecule has 0 saturated carbocycles. The predicted octanol–water partition coefficient (Wildman–Crippen LogP) is 3.58. The minimum absolute atomic E-state index is 0.267. The number of ether oxygens (including phenoxy) is 1. The summed E-state index contributed by atoms with van der Waals surface area (Å²) in [6.07, 6.45) is 0.717. The molecule has 0 atom stereocenters. The minimum Gasteiger partial charge on any atom is -0.435 e. The summed E-state index contributed by atoms with van der Waals surface area (Å²) in [4.78, 5) is 16.7. The van der Waals surface area contributed by atoms with Crippen LogP contribution >= 0.6 is 0 Å². The van der Waals surface area contributed by atoms with Gasteiger partial charge in [-0.3, -0.25) is 4.79 Å². The van der Waals surface area contributed by atoms with E-state index in [0.717, 1.165) is 11.3 Å². The zero-order chi connectivity index (χ0) is 16.1. The molecule has 1 heterocycles. The average Bonchev–Trinajstić information content (AvgIpc) is 2.81. The average molecular weight is 302 g/mol. The Morgan fingerprint density at radius 3 is 2.77 bits per heavy atom. The van der Waals surface area contributed by atoms with Crippen LogP contribution in [0.1, 0.15) is 41.6 Å². The Bertz CT molecular complexity index is 647. The van der Waals surface area contributed by atoms with E-state index < -0.39 is 0 Å². The van der Waals surface area contributed by atoms with Gasteiger partial charge in [0, 0.05) is 24.8 Å². The molecule has 0 radical (unpaired) electrons. The van der Waals surface area contributed by atoms with Gasteiger partial charge in [0.15, 0.2) is 5.89 Å². The molecule has 0 spiro atoms. The first-order chi connectivity index (χ1) is 10.5. The maximum atomic E-state index is 12.4. The zero-order valence-electron chi connectivity index (χ0n) is 13.5. The molecule has 2 rings (SSSR count). The molecule has 0 aliphatic rings. The van der Waals surface area contributed by atoms with Crippen molar-refractivity contribution in [1.29, 1.82) is 0 Å². The Kier molecular flexibility index (Phi) is 5.33. The number of para-hydroxylation sites is 1. The normalized spacial score (nSPS) is 11.0. The van der Waals surface area contributed by atoms with Gasteiger partial charge in [0.1, 0.15) is 0 Å². The predicted molar refractivity (Wildman–Crippen MR) is 84.9 cm³/mol. The maximum Gasteiger partial charge on any atom is 0.293 e. The third-order valence-electron chi connectivity index (χ3n) is 3.20. The fourth-order valence-electron chi connectivity index (χ4n) is 2.20. The topological polar surface area (TPSA) is 64.4 Å². The molecule has 0 aliphatic carbocycles. The number of rotatable bonds is 6. The summed E-state index contributed by atoms with van der Waals surface area (Å²) >= 11 is 0. The second-order valence-corrected chi connectivity index (χ2v) is 5.66. The fraction of sp³-hybridized carbons (Fsp3) is 0.412. The van der Waals surface area contributed by atoms with Crippen molar-refractivity contribution in [1.82, 2.24) is 4.98 Å². The van der Waals surface area contributed by atoms with E-state index in [9.17, 15) is 4.79 Å². The molecule has 0 saturated heterocycles. The Labute approximate surface area is 130 Å². The molecule has 1 aromatic heterocycles. The Morgan fingerprint density at radius 1 is 1.36 bits per heavy atom. The number of anilines is 1. The fourth-order valence-corrected chi connectivity index (χ4v) is 2.20. The Morgan fingerprint density at radius 2 is 2.09 bits per heavy atom.